The lowest BCUT2D eigenvalue weighted by Gasteiger charge is -2.14. The number of rotatable bonds is 6. The topological polar surface area (TPSA) is 71.1 Å². The smallest absolute Gasteiger partial charge is 0.228 e. The van der Waals surface area contributed by atoms with E-state index in [1.165, 1.54) is 17.4 Å². The normalized spacial score (nSPS) is 12.1. The summed E-state index contributed by atoms with van der Waals surface area (Å²) >= 11 is 1.23. The van der Waals surface area contributed by atoms with Gasteiger partial charge >= 0.3 is 0 Å². The third-order valence-electron chi connectivity index (χ3n) is 3.45. The first-order valence-electron chi connectivity index (χ1n) is 7.76. The van der Waals surface area contributed by atoms with Crippen LogP contribution in [-0.4, -0.2) is 16.8 Å². The molecule has 1 heterocycles. The molecule has 0 aliphatic carbocycles. The molecule has 1 aromatic heterocycles. The number of hydrogen-bond acceptors (Lipinski definition) is 4. The summed E-state index contributed by atoms with van der Waals surface area (Å²) in [6.45, 7) is 5.16. The number of nitrogens with one attached hydrogen (secondary N) is 2. The lowest BCUT2D eigenvalue weighted by molar-refractivity contribution is -0.121. The van der Waals surface area contributed by atoms with Crippen molar-refractivity contribution in [3.05, 3.63) is 46.5 Å². The van der Waals surface area contributed by atoms with Gasteiger partial charge in [0.2, 0.25) is 11.8 Å². The van der Waals surface area contributed by atoms with Gasteiger partial charge in [-0.05, 0) is 13.0 Å². The Hall–Kier alpha value is -2.35. The van der Waals surface area contributed by atoms with Gasteiger partial charge in [0, 0.05) is 22.9 Å². The fraction of sp³-hybridized carbons (Fsp3) is 0.353. The Bertz CT molecular complexity index is 777. The first kappa shape index (κ1) is 19.0. The van der Waals surface area contributed by atoms with Gasteiger partial charge in [-0.25, -0.2) is 13.8 Å². The number of aromatic nitrogens is 1. The van der Waals surface area contributed by atoms with Gasteiger partial charge in [-0.15, -0.1) is 11.3 Å². The summed E-state index contributed by atoms with van der Waals surface area (Å²) < 4.78 is 26.7. The van der Waals surface area contributed by atoms with Crippen molar-refractivity contribution in [1.82, 2.24) is 10.3 Å². The van der Waals surface area contributed by atoms with Crippen LogP contribution >= 0.6 is 11.3 Å². The van der Waals surface area contributed by atoms with E-state index in [1.54, 1.807) is 26.2 Å². The number of anilines is 1. The van der Waals surface area contributed by atoms with Crippen molar-refractivity contribution in [3.63, 3.8) is 0 Å². The molecule has 0 saturated heterocycles. The van der Waals surface area contributed by atoms with Crippen molar-refractivity contribution in [2.45, 2.75) is 33.2 Å². The van der Waals surface area contributed by atoms with Gasteiger partial charge in [0.25, 0.3) is 0 Å². The average molecular weight is 367 g/mol. The Morgan fingerprint density at radius 1 is 1.24 bits per heavy atom. The molecule has 0 fully saturated rings. The first-order valence-corrected chi connectivity index (χ1v) is 8.63. The second-order valence-electron chi connectivity index (χ2n) is 5.92. The molecule has 1 atom stereocenters. The van der Waals surface area contributed by atoms with Gasteiger partial charge in [0.1, 0.15) is 11.6 Å². The molecule has 0 aliphatic heterocycles. The maximum absolute atomic E-state index is 13.7. The van der Waals surface area contributed by atoms with Crippen molar-refractivity contribution in [2.24, 2.45) is 5.92 Å². The van der Waals surface area contributed by atoms with E-state index in [0.717, 1.165) is 12.1 Å². The Kier molecular flexibility index (Phi) is 6.19. The van der Waals surface area contributed by atoms with Crippen LogP contribution in [0, 0.1) is 17.6 Å². The fourth-order valence-corrected chi connectivity index (χ4v) is 2.80. The van der Waals surface area contributed by atoms with Crippen molar-refractivity contribution in [3.8, 4) is 0 Å². The number of halogens is 2. The minimum absolute atomic E-state index is 0.00119. The van der Waals surface area contributed by atoms with Crippen molar-refractivity contribution < 1.29 is 18.4 Å². The molecule has 2 N–H and O–H groups in total. The molecule has 0 radical (unpaired) electrons. The van der Waals surface area contributed by atoms with E-state index in [9.17, 15) is 18.4 Å². The van der Waals surface area contributed by atoms with Crippen LogP contribution in [0.25, 0.3) is 0 Å². The second kappa shape index (κ2) is 8.15. The Labute approximate surface area is 148 Å². The highest BCUT2D eigenvalue weighted by Crippen LogP contribution is 2.19. The molecule has 134 valence electrons. The number of carbonyl (C=O) groups excluding carboxylic acids is 2. The third kappa shape index (κ3) is 5.32. The monoisotopic (exact) mass is 367 g/mol. The summed E-state index contributed by atoms with van der Waals surface area (Å²) in [5, 5.41) is 7.42. The fourth-order valence-electron chi connectivity index (χ4n) is 2.08. The van der Waals surface area contributed by atoms with Crippen LogP contribution in [0.15, 0.2) is 23.6 Å². The number of carbonyl (C=O) groups is 2. The predicted molar refractivity (Wildman–Crippen MR) is 92.2 cm³/mol. The Morgan fingerprint density at radius 3 is 2.60 bits per heavy atom. The van der Waals surface area contributed by atoms with Crippen LogP contribution in [-0.2, 0) is 16.0 Å². The Balaban J connectivity index is 1.94. The van der Waals surface area contributed by atoms with Gasteiger partial charge < -0.3 is 10.6 Å². The van der Waals surface area contributed by atoms with Crippen LogP contribution in [0.3, 0.4) is 0 Å². The first-order chi connectivity index (χ1) is 11.8. The minimum atomic E-state index is -0.708. The van der Waals surface area contributed by atoms with Crippen LogP contribution in [0.5, 0.6) is 0 Å². The molecule has 0 aliphatic rings. The van der Waals surface area contributed by atoms with E-state index >= 15 is 0 Å². The lowest BCUT2D eigenvalue weighted by atomic mass is 10.1. The molecule has 25 heavy (non-hydrogen) atoms. The van der Waals surface area contributed by atoms with E-state index in [-0.39, 0.29) is 29.7 Å². The summed E-state index contributed by atoms with van der Waals surface area (Å²) in [4.78, 5) is 27.9. The molecule has 1 aromatic carbocycles. The summed E-state index contributed by atoms with van der Waals surface area (Å²) in [6.07, 6.45) is 0.00119. The maximum atomic E-state index is 13.7. The van der Waals surface area contributed by atoms with Crippen LogP contribution in [0.2, 0.25) is 0 Å². The number of thiazole rings is 1. The van der Waals surface area contributed by atoms with E-state index in [1.807, 2.05) is 0 Å². The number of hydrogen-bond donors (Lipinski definition) is 2. The molecule has 2 aromatic rings. The van der Waals surface area contributed by atoms with Gasteiger partial charge in [0.15, 0.2) is 5.13 Å². The Morgan fingerprint density at radius 2 is 1.96 bits per heavy atom. The predicted octanol–water partition coefficient (Wildman–Crippen LogP) is 3.44. The van der Waals surface area contributed by atoms with Gasteiger partial charge in [-0.3, -0.25) is 9.59 Å². The molecule has 0 bridgehead atoms. The quantitative estimate of drug-likeness (QED) is 0.822. The molecule has 5 nitrogen and oxygen atoms in total. The van der Waals surface area contributed by atoms with Gasteiger partial charge in [-0.1, -0.05) is 19.9 Å². The molecule has 0 saturated carbocycles. The summed E-state index contributed by atoms with van der Waals surface area (Å²) in [7, 11) is 0. The SMILES string of the molecule is CC(C)C(=O)Nc1nc(CC(=O)N[C@H](C)c2ccc(F)cc2F)cs1. The standard InChI is InChI=1S/C17H19F2N3O2S/c1-9(2)16(24)22-17-21-12(8-25-17)7-15(23)20-10(3)13-5-4-11(18)6-14(13)19/h4-6,8-10H,7H2,1-3H3,(H,20,23)(H,21,22,24)/t10-/m1/s1. The number of nitrogens with zero attached hydrogens (tertiary/aromatic N) is 1. The van der Waals surface area contributed by atoms with Crippen LogP contribution in [0.1, 0.15) is 38.1 Å². The molecule has 0 unspecified atom stereocenters. The van der Waals surface area contributed by atoms with Gasteiger partial charge in [0.05, 0.1) is 18.2 Å². The van der Waals surface area contributed by atoms with Crippen molar-refractivity contribution in [1.29, 1.82) is 0 Å². The van der Waals surface area contributed by atoms with E-state index in [0.29, 0.717) is 10.8 Å². The number of benzene rings is 1. The zero-order valence-corrected chi connectivity index (χ0v) is 14.9. The molecular weight excluding hydrogens is 348 g/mol. The van der Waals surface area contributed by atoms with Crippen molar-refractivity contribution >= 4 is 28.3 Å². The molecular formula is C17H19F2N3O2S. The summed E-state index contributed by atoms with van der Waals surface area (Å²) in [5.74, 6) is -2.03. The lowest BCUT2D eigenvalue weighted by Crippen LogP contribution is -2.28. The summed E-state index contributed by atoms with van der Waals surface area (Å²) in [5.41, 5.74) is 0.714. The largest absolute Gasteiger partial charge is 0.349 e. The zero-order valence-electron chi connectivity index (χ0n) is 14.1. The van der Waals surface area contributed by atoms with Crippen LogP contribution < -0.4 is 10.6 Å². The highest BCUT2D eigenvalue weighted by molar-refractivity contribution is 7.13. The zero-order chi connectivity index (χ0) is 18.6. The van der Waals surface area contributed by atoms with E-state index in [2.05, 4.69) is 15.6 Å². The molecule has 8 heteroatoms. The van der Waals surface area contributed by atoms with Gasteiger partial charge in [-0.2, -0.15) is 0 Å². The average Bonchev–Trinajstić information content (AvgIpc) is 2.93. The van der Waals surface area contributed by atoms with Crippen LogP contribution in [0.4, 0.5) is 13.9 Å². The molecule has 2 rings (SSSR count). The van der Waals surface area contributed by atoms with E-state index < -0.39 is 17.7 Å². The molecule has 2 amide bonds. The van der Waals surface area contributed by atoms with E-state index in [4.69, 9.17) is 0 Å². The summed E-state index contributed by atoms with van der Waals surface area (Å²) in [6, 6.07) is 2.62. The number of amides is 2. The minimum Gasteiger partial charge on any atom is -0.349 e. The highest BCUT2D eigenvalue weighted by Gasteiger charge is 2.16. The third-order valence-corrected chi connectivity index (χ3v) is 4.26. The molecule has 0 spiro atoms. The highest BCUT2D eigenvalue weighted by atomic mass is 32.1. The maximum Gasteiger partial charge on any atom is 0.228 e. The van der Waals surface area contributed by atoms with Crippen molar-refractivity contribution in [2.75, 3.05) is 5.32 Å². The second-order valence-corrected chi connectivity index (χ2v) is 6.78.